The van der Waals surface area contributed by atoms with Gasteiger partial charge in [-0.25, -0.2) is 0 Å². The van der Waals surface area contributed by atoms with E-state index in [2.05, 4.69) is 37.9 Å². The van der Waals surface area contributed by atoms with Gasteiger partial charge in [0.2, 0.25) is 5.91 Å². The average Bonchev–Trinajstić information content (AvgIpc) is 2.80. The van der Waals surface area contributed by atoms with Crippen molar-refractivity contribution in [2.75, 3.05) is 26.2 Å². The Kier molecular flexibility index (Phi) is 3.20. The Morgan fingerprint density at radius 2 is 1.75 bits per heavy atom. The van der Waals surface area contributed by atoms with Crippen molar-refractivity contribution < 1.29 is 4.79 Å². The van der Waals surface area contributed by atoms with Gasteiger partial charge in [-0.2, -0.15) is 0 Å². The van der Waals surface area contributed by atoms with E-state index in [9.17, 15) is 4.79 Å². The molecular formula is C17H30N2O. The lowest BCUT2D eigenvalue weighted by Crippen LogP contribution is -2.53. The molecule has 20 heavy (non-hydrogen) atoms. The van der Waals surface area contributed by atoms with E-state index in [4.69, 9.17) is 0 Å². The number of hydrogen-bond donors (Lipinski definition) is 1. The van der Waals surface area contributed by atoms with Gasteiger partial charge in [-0.15, -0.1) is 0 Å². The molecule has 0 bridgehead atoms. The number of carbonyl (C=O) groups excluding carboxylic acids is 1. The molecule has 114 valence electrons. The summed E-state index contributed by atoms with van der Waals surface area (Å²) in [5.74, 6) is 0.645. The van der Waals surface area contributed by atoms with Crippen molar-refractivity contribution in [3.05, 3.63) is 0 Å². The highest BCUT2D eigenvalue weighted by molar-refractivity contribution is 5.84. The number of amides is 1. The molecule has 1 aliphatic carbocycles. The van der Waals surface area contributed by atoms with Crippen LogP contribution in [0.15, 0.2) is 0 Å². The van der Waals surface area contributed by atoms with Crippen LogP contribution in [0.2, 0.25) is 0 Å². The summed E-state index contributed by atoms with van der Waals surface area (Å²) in [6.07, 6.45) is 5.03. The summed E-state index contributed by atoms with van der Waals surface area (Å²) in [7, 11) is 0. The highest BCUT2D eigenvalue weighted by Gasteiger charge is 2.69. The predicted octanol–water partition coefficient (Wildman–Crippen LogP) is 2.66. The Morgan fingerprint density at radius 1 is 1.10 bits per heavy atom. The van der Waals surface area contributed by atoms with Crippen LogP contribution in [0, 0.1) is 22.2 Å². The van der Waals surface area contributed by atoms with Gasteiger partial charge in [0.1, 0.15) is 0 Å². The van der Waals surface area contributed by atoms with Gasteiger partial charge in [0.05, 0.1) is 0 Å². The van der Waals surface area contributed by atoms with E-state index in [1.165, 1.54) is 25.7 Å². The maximum Gasteiger partial charge on any atom is 0.226 e. The van der Waals surface area contributed by atoms with E-state index in [0.717, 1.165) is 26.2 Å². The molecule has 1 spiro atoms. The molecule has 1 atom stereocenters. The van der Waals surface area contributed by atoms with Crippen molar-refractivity contribution in [2.45, 2.75) is 53.4 Å². The zero-order valence-corrected chi connectivity index (χ0v) is 13.6. The number of nitrogens with zero attached hydrogens (tertiary/aromatic N) is 1. The molecule has 3 fully saturated rings. The van der Waals surface area contributed by atoms with Crippen molar-refractivity contribution in [3.8, 4) is 0 Å². The van der Waals surface area contributed by atoms with Gasteiger partial charge in [0, 0.05) is 31.0 Å². The van der Waals surface area contributed by atoms with Crippen LogP contribution in [0.4, 0.5) is 0 Å². The van der Waals surface area contributed by atoms with Gasteiger partial charge in [-0.3, -0.25) is 4.79 Å². The van der Waals surface area contributed by atoms with Crippen molar-refractivity contribution in [3.63, 3.8) is 0 Å². The quantitative estimate of drug-likeness (QED) is 0.800. The van der Waals surface area contributed by atoms with E-state index in [-0.39, 0.29) is 16.7 Å². The highest BCUT2D eigenvalue weighted by Crippen LogP contribution is 2.69. The van der Waals surface area contributed by atoms with Crippen LogP contribution in [-0.4, -0.2) is 37.0 Å². The maximum atomic E-state index is 12.9. The number of hydrogen-bond acceptors (Lipinski definition) is 2. The van der Waals surface area contributed by atoms with E-state index in [1.54, 1.807) is 0 Å². The number of carbonyl (C=O) groups is 1. The number of piperidine rings is 2. The largest absolute Gasteiger partial charge is 0.342 e. The van der Waals surface area contributed by atoms with Gasteiger partial charge in [0.15, 0.2) is 0 Å². The third-order valence-corrected chi connectivity index (χ3v) is 6.80. The standard InChI is InChI=1S/C17H30N2O/c1-15(2)13(16(15,3)4)14(20)19-10-6-8-17(12-19)7-5-9-18-11-17/h13,18H,5-12H2,1-4H3. The normalized spacial score (nSPS) is 36.1. The second-order valence-corrected chi connectivity index (χ2v) is 8.52. The summed E-state index contributed by atoms with van der Waals surface area (Å²) in [4.78, 5) is 15.1. The van der Waals surface area contributed by atoms with Gasteiger partial charge in [-0.05, 0) is 43.1 Å². The third-order valence-electron chi connectivity index (χ3n) is 6.80. The Balaban J connectivity index is 1.70. The number of rotatable bonds is 1. The lowest BCUT2D eigenvalue weighted by Gasteiger charge is -2.45. The minimum absolute atomic E-state index is 0.166. The highest BCUT2D eigenvalue weighted by atomic mass is 16.2. The Labute approximate surface area is 123 Å². The molecule has 0 aromatic carbocycles. The number of nitrogens with one attached hydrogen (secondary N) is 1. The summed E-state index contributed by atoms with van der Waals surface area (Å²) in [5.41, 5.74) is 0.703. The average molecular weight is 278 g/mol. The molecular weight excluding hydrogens is 248 g/mol. The predicted molar refractivity (Wildman–Crippen MR) is 81.4 cm³/mol. The van der Waals surface area contributed by atoms with Crippen LogP contribution in [0.3, 0.4) is 0 Å². The second kappa shape index (κ2) is 4.46. The molecule has 0 aromatic heterocycles. The summed E-state index contributed by atoms with van der Waals surface area (Å²) in [5, 5.41) is 3.54. The van der Waals surface area contributed by atoms with Gasteiger partial charge in [0.25, 0.3) is 0 Å². The zero-order chi connectivity index (χ0) is 14.6. The second-order valence-electron chi connectivity index (χ2n) is 8.52. The van der Waals surface area contributed by atoms with Crippen LogP contribution in [0.1, 0.15) is 53.4 Å². The summed E-state index contributed by atoms with van der Waals surface area (Å²) in [6.45, 7) is 13.2. The first-order chi connectivity index (χ1) is 9.30. The third kappa shape index (κ3) is 2.01. The molecule has 3 heteroatoms. The minimum atomic E-state index is 0.166. The monoisotopic (exact) mass is 278 g/mol. The topological polar surface area (TPSA) is 32.3 Å². The molecule has 2 saturated heterocycles. The molecule has 0 radical (unpaired) electrons. The van der Waals surface area contributed by atoms with E-state index in [1.807, 2.05) is 0 Å². The Morgan fingerprint density at radius 3 is 2.30 bits per heavy atom. The summed E-state index contributed by atoms with van der Waals surface area (Å²) >= 11 is 0. The molecule has 2 aliphatic heterocycles. The van der Waals surface area contributed by atoms with Crippen LogP contribution < -0.4 is 5.32 Å². The fourth-order valence-electron chi connectivity index (χ4n) is 4.77. The molecule has 2 heterocycles. The number of likely N-dealkylation sites (tertiary alicyclic amines) is 1. The molecule has 1 saturated carbocycles. The Bertz CT molecular complexity index is 388. The fraction of sp³-hybridized carbons (Fsp3) is 0.941. The Hall–Kier alpha value is -0.570. The van der Waals surface area contributed by atoms with Crippen LogP contribution >= 0.6 is 0 Å². The summed E-state index contributed by atoms with van der Waals surface area (Å²) in [6, 6.07) is 0. The van der Waals surface area contributed by atoms with E-state index >= 15 is 0 Å². The first-order valence-electron chi connectivity index (χ1n) is 8.30. The van der Waals surface area contributed by atoms with Gasteiger partial charge < -0.3 is 10.2 Å². The first-order valence-corrected chi connectivity index (χ1v) is 8.30. The molecule has 1 unspecified atom stereocenters. The van der Waals surface area contributed by atoms with Crippen LogP contribution in [-0.2, 0) is 4.79 Å². The maximum absolute atomic E-state index is 12.9. The van der Waals surface area contributed by atoms with Gasteiger partial charge >= 0.3 is 0 Å². The lowest BCUT2D eigenvalue weighted by atomic mass is 9.74. The minimum Gasteiger partial charge on any atom is -0.342 e. The van der Waals surface area contributed by atoms with Crippen molar-refractivity contribution in [2.24, 2.45) is 22.2 Å². The zero-order valence-electron chi connectivity index (χ0n) is 13.6. The van der Waals surface area contributed by atoms with Gasteiger partial charge in [-0.1, -0.05) is 27.7 Å². The molecule has 3 rings (SSSR count). The van der Waals surface area contributed by atoms with Crippen molar-refractivity contribution >= 4 is 5.91 Å². The molecule has 3 nitrogen and oxygen atoms in total. The van der Waals surface area contributed by atoms with Crippen LogP contribution in [0.5, 0.6) is 0 Å². The molecule has 1 N–H and O–H groups in total. The lowest BCUT2D eigenvalue weighted by molar-refractivity contribution is -0.137. The molecule has 1 amide bonds. The van der Waals surface area contributed by atoms with E-state index < -0.39 is 0 Å². The van der Waals surface area contributed by atoms with E-state index in [0.29, 0.717) is 11.3 Å². The summed E-state index contributed by atoms with van der Waals surface area (Å²) < 4.78 is 0. The molecule has 3 aliphatic rings. The van der Waals surface area contributed by atoms with Crippen molar-refractivity contribution in [1.82, 2.24) is 10.2 Å². The molecule has 0 aromatic rings. The SMILES string of the molecule is CC1(C)C(C(=O)N2CCCC3(CCCNC3)C2)C1(C)C. The smallest absolute Gasteiger partial charge is 0.226 e. The van der Waals surface area contributed by atoms with Crippen LogP contribution in [0.25, 0.3) is 0 Å². The first kappa shape index (κ1) is 14.4. The fourth-order valence-corrected chi connectivity index (χ4v) is 4.77. The van der Waals surface area contributed by atoms with Crippen molar-refractivity contribution in [1.29, 1.82) is 0 Å².